The smallest absolute Gasteiger partial charge is 0.346 e. The van der Waals surface area contributed by atoms with Crippen LogP contribution in [-0.4, -0.2) is 22.2 Å². The molecule has 98 valence electrons. The number of benzene rings is 1. The molecule has 0 aliphatic rings. The average Bonchev–Trinajstić information content (AvgIpc) is 2.85. The molecule has 1 heterocycles. The number of hydrogen-bond donors (Lipinski definition) is 2. The Morgan fingerprint density at radius 1 is 1.05 bits per heavy atom. The molecule has 0 fully saturated rings. The molecular formula is C13H10O5S. The van der Waals surface area contributed by atoms with Crippen LogP contribution >= 0.6 is 11.3 Å². The first kappa shape index (κ1) is 13.1. The molecule has 0 unspecified atom stereocenters. The summed E-state index contributed by atoms with van der Waals surface area (Å²) in [6.45, 7) is 0.136. The summed E-state index contributed by atoms with van der Waals surface area (Å²) in [4.78, 5) is 21.8. The third-order valence-corrected chi connectivity index (χ3v) is 3.38. The molecule has 0 saturated carbocycles. The molecule has 0 amide bonds. The Hall–Kier alpha value is -2.34. The number of carbonyl (C=O) groups is 2. The highest BCUT2D eigenvalue weighted by Gasteiger charge is 2.12. The second-order valence-corrected chi connectivity index (χ2v) is 4.61. The zero-order chi connectivity index (χ0) is 13.8. The lowest BCUT2D eigenvalue weighted by Crippen LogP contribution is -2.02. The van der Waals surface area contributed by atoms with E-state index >= 15 is 0 Å². The SMILES string of the molecule is O=C(O)c1ccc(OCc2ccsc2C(=O)O)cc1. The molecule has 0 saturated heterocycles. The zero-order valence-electron chi connectivity index (χ0n) is 9.70. The summed E-state index contributed by atoms with van der Waals surface area (Å²) in [5.74, 6) is -1.49. The van der Waals surface area contributed by atoms with Crippen LogP contribution in [0, 0.1) is 0 Å². The summed E-state index contributed by atoms with van der Waals surface area (Å²) in [6.07, 6.45) is 0. The third kappa shape index (κ3) is 3.11. The molecule has 19 heavy (non-hydrogen) atoms. The van der Waals surface area contributed by atoms with Crippen molar-refractivity contribution in [3.8, 4) is 5.75 Å². The largest absolute Gasteiger partial charge is 0.489 e. The van der Waals surface area contributed by atoms with Crippen LogP contribution in [0.4, 0.5) is 0 Å². The first-order valence-electron chi connectivity index (χ1n) is 5.34. The van der Waals surface area contributed by atoms with E-state index in [4.69, 9.17) is 14.9 Å². The number of hydrogen-bond acceptors (Lipinski definition) is 4. The Labute approximate surface area is 112 Å². The maximum atomic E-state index is 10.9. The average molecular weight is 278 g/mol. The Morgan fingerprint density at radius 3 is 2.32 bits per heavy atom. The summed E-state index contributed by atoms with van der Waals surface area (Å²) in [6, 6.07) is 7.64. The van der Waals surface area contributed by atoms with Crippen molar-refractivity contribution < 1.29 is 24.5 Å². The first-order chi connectivity index (χ1) is 9.08. The highest BCUT2D eigenvalue weighted by molar-refractivity contribution is 7.12. The molecule has 1 aromatic carbocycles. The van der Waals surface area contributed by atoms with Crippen molar-refractivity contribution in [1.82, 2.24) is 0 Å². The summed E-state index contributed by atoms with van der Waals surface area (Å²) in [5.41, 5.74) is 0.772. The predicted octanol–water partition coefficient (Wildman–Crippen LogP) is 2.72. The van der Waals surface area contributed by atoms with Gasteiger partial charge in [0.25, 0.3) is 0 Å². The number of rotatable bonds is 5. The van der Waals surface area contributed by atoms with E-state index < -0.39 is 11.9 Å². The maximum absolute atomic E-state index is 10.9. The Balaban J connectivity index is 2.04. The van der Waals surface area contributed by atoms with Crippen LogP contribution in [0.15, 0.2) is 35.7 Å². The van der Waals surface area contributed by atoms with Crippen LogP contribution in [0.25, 0.3) is 0 Å². The second-order valence-electron chi connectivity index (χ2n) is 3.70. The van der Waals surface area contributed by atoms with Gasteiger partial charge in [-0.1, -0.05) is 0 Å². The van der Waals surface area contributed by atoms with E-state index in [1.807, 2.05) is 0 Å². The molecule has 0 atom stereocenters. The van der Waals surface area contributed by atoms with Gasteiger partial charge >= 0.3 is 11.9 Å². The fraction of sp³-hybridized carbons (Fsp3) is 0.0769. The third-order valence-electron chi connectivity index (χ3n) is 2.44. The molecule has 5 nitrogen and oxygen atoms in total. The van der Waals surface area contributed by atoms with E-state index in [-0.39, 0.29) is 17.0 Å². The predicted molar refractivity (Wildman–Crippen MR) is 69.0 cm³/mol. The molecule has 0 aliphatic heterocycles. The minimum Gasteiger partial charge on any atom is -0.489 e. The van der Waals surface area contributed by atoms with Gasteiger partial charge in [-0.3, -0.25) is 0 Å². The van der Waals surface area contributed by atoms with Crippen LogP contribution < -0.4 is 4.74 Å². The van der Waals surface area contributed by atoms with Gasteiger partial charge in [-0.2, -0.15) is 0 Å². The molecule has 2 N–H and O–H groups in total. The Kier molecular flexibility index (Phi) is 3.82. The number of thiophene rings is 1. The Morgan fingerprint density at radius 2 is 1.74 bits per heavy atom. The van der Waals surface area contributed by atoms with E-state index in [1.165, 1.54) is 24.3 Å². The van der Waals surface area contributed by atoms with Crippen LogP contribution in [0.1, 0.15) is 25.6 Å². The van der Waals surface area contributed by atoms with Crippen LogP contribution in [0.2, 0.25) is 0 Å². The van der Waals surface area contributed by atoms with Gasteiger partial charge in [-0.25, -0.2) is 9.59 Å². The van der Waals surface area contributed by atoms with Crippen LogP contribution in [0.5, 0.6) is 5.75 Å². The van der Waals surface area contributed by atoms with Crippen molar-refractivity contribution in [2.75, 3.05) is 0 Å². The molecule has 0 aliphatic carbocycles. The van der Waals surface area contributed by atoms with Gasteiger partial charge in [0, 0.05) is 5.56 Å². The summed E-state index contributed by atoms with van der Waals surface area (Å²) in [7, 11) is 0. The monoisotopic (exact) mass is 278 g/mol. The minimum absolute atomic E-state index is 0.136. The zero-order valence-corrected chi connectivity index (χ0v) is 10.5. The standard InChI is InChI=1S/C13H10O5S/c14-12(15)8-1-3-10(4-2-8)18-7-9-5-6-19-11(9)13(16)17/h1-6H,7H2,(H,14,15)(H,16,17). The van der Waals surface area contributed by atoms with Gasteiger partial charge in [0.15, 0.2) is 0 Å². The lowest BCUT2D eigenvalue weighted by Gasteiger charge is -2.06. The fourth-order valence-electron chi connectivity index (χ4n) is 1.49. The molecule has 6 heteroatoms. The molecule has 0 bridgehead atoms. The van der Waals surface area contributed by atoms with Gasteiger partial charge in [-0.15, -0.1) is 11.3 Å². The fourth-order valence-corrected chi connectivity index (χ4v) is 2.24. The van der Waals surface area contributed by atoms with E-state index in [0.29, 0.717) is 11.3 Å². The summed E-state index contributed by atoms with van der Waals surface area (Å²) < 4.78 is 5.43. The van der Waals surface area contributed by atoms with Crippen molar-refractivity contribution in [2.45, 2.75) is 6.61 Å². The van der Waals surface area contributed by atoms with Gasteiger partial charge in [-0.05, 0) is 35.7 Å². The molecule has 1 aromatic heterocycles. The van der Waals surface area contributed by atoms with Crippen LogP contribution in [0.3, 0.4) is 0 Å². The normalized spacial score (nSPS) is 10.1. The van der Waals surface area contributed by atoms with E-state index in [1.54, 1.807) is 11.4 Å². The van der Waals surface area contributed by atoms with Gasteiger partial charge < -0.3 is 14.9 Å². The van der Waals surface area contributed by atoms with Crippen molar-refractivity contribution in [1.29, 1.82) is 0 Å². The lowest BCUT2D eigenvalue weighted by atomic mass is 10.2. The van der Waals surface area contributed by atoms with E-state index in [2.05, 4.69) is 0 Å². The van der Waals surface area contributed by atoms with E-state index in [0.717, 1.165) is 11.3 Å². The number of aromatic carboxylic acids is 2. The molecule has 0 spiro atoms. The quantitative estimate of drug-likeness (QED) is 0.878. The lowest BCUT2D eigenvalue weighted by molar-refractivity contribution is 0.0686. The highest BCUT2D eigenvalue weighted by atomic mass is 32.1. The summed E-state index contributed by atoms with van der Waals surface area (Å²) >= 11 is 1.14. The van der Waals surface area contributed by atoms with Crippen molar-refractivity contribution in [3.63, 3.8) is 0 Å². The minimum atomic E-state index is -1.00. The Bertz CT molecular complexity index is 600. The molecule has 0 radical (unpaired) electrons. The number of ether oxygens (including phenoxy) is 1. The topological polar surface area (TPSA) is 83.8 Å². The summed E-state index contributed by atoms with van der Waals surface area (Å²) in [5, 5.41) is 19.4. The second kappa shape index (κ2) is 5.53. The molecule has 2 rings (SSSR count). The van der Waals surface area contributed by atoms with Crippen molar-refractivity contribution >= 4 is 23.3 Å². The van der Waals surface area contributed by atoms with Crippen molar-refractivity contribution in [2.24, 2.45) is 0 Å². The molecule has 2 aromatic rings. The molecular weight excluding hydrogens is 268 g/mol. The van der Waals surface area contributed by atoms with Gasteiger partial charge in [0.2, 0.25) is 0 Å². The van der Waals surface area contributed by atoms with Crippen LogP contribution in [-0.2, 0) is 6.61 Å². The van der Waals surface area contributed by atoms with E-state index in [9.17, 15) is 9.59 Å². The first-order valence-corrected chi connectivity index (χ1v) is 6.21. The van der Waals surface area contributed by atoms with Gasteiger partial charge in [0.1, 0.15) is 17.2 Å². The maximum Gasteiger partial charge on any atom is 0.346 e. The number of carboxylic acid groups (broad SMARTS) is 2. The highest BCUT2D eigenvalue weighted by Crippen LogP contribution is 2.20. The number of carboxylic acids is 2. The van der Waals surface area contributed by atoms with Crippen molar-refractivity contribution in [3.05, 3.63) is 51.7 Å². The van der Waals surface area contributed by atoms with Gasteiger partial charge in [0.05, 0.1) is 5.56 Å².